The van der Waals surface area contributed by atoms with Gasteiger partial charge in [0.05, 0.1) is 0 Å². The summed E-state index contributed by atoms with van der Waals surface area (Å²) in [5, 5.41) is 3.23. The van der Waals surface area contributed by atoms with E-state index in [2.05, 4.69) is 35.7 Å². The van der Waals surface area contributed by atoms with Gasteiger partial charge in [-0.25, -0.2) is 0 Å². The number of rotatable bonds is 1. The number of thiocarbonyl (C=S) groups is 1. The lowest BCUT2D eigenvalue weighted by Crippen LogP contribution is -2.11. The first-order valence-electron chi connectivity index (χ1n) is 5.68. The maximum absolute atomic E-state index is 5.29. The molecule has 0 spiro atoms. The van der Waals surface area contributed by atoms with Gasteiger partial charge >= 0.3 is 0 Å². The molecule has 0 bridgehead atoms. The molecule has 18 heavy (non-hydrogen) atoms. The third kappa shape index (κ3) is 2.33. The van der Waals surface area contributed by atoms with Crippen LogP contribution in [0.5, 0.6) is 0 Å². The molecule has 0 saturated carbocycles. The fraction of sp³-hybridized carbons (Fsp3) is 0. The van der Waals surface area contributed by atoms with E-state index in [-0.39, 0.29) is 0 Å². The van der Waals surface area contributed by atoms with Crippen molar-refractivity contribution < 1.29 is 0 Å². The number of hydrogen-bond donors (Lipinski definition) is 1. The zero-order chi connectivity index (χ0) is 12.4. The Balaban J connectivity index is 2.08. The highest BCUT2D eigenvalue weighted by Gasteiger charge is 2.16. The predicted molar refractivity (Wildman–Crippen MR) is 84.6 cm³/mol. The molecule has 1 aliphatic heterocycles. The lowest BCUT2D eigenvalue weighted by atomic mass is 10.1. The third-order valence-corrected chi connectivity index (χ3v) is 3.93. The number of nitrogens with one attached hydrogen (secondary N) is 1. The van der Waals surface area contributed by atoms with E-state index in [4.69, 9.17) is 12.2 Å². The van der Waals surface area contributed by atoms with Gasteiger partial charge in [-0.05, 0) is 17.7 Å². The van der Waals surface area contributed by atoms with E-state index in [1.54, 1.807) is 11.8 Å². The smallest absolute Gasteiger partial charge is 0.143 e. The number of hydrogen-bond acceptors (Lipinski definition) is 2. The van der Waals surface area contributed by atoms with Crippen molar-refractivity contribution in [2.75, 3.05) is 5.32 Å². The summed E-state index contributed by atoms with van der Waals surface area (Å²) < 4.78 is 0.802. The Morgan fingerprint density at radius 3 is 2.50 bits per heavy atom. The Morgan fingerprint density at radius 2 is 1.67 bits per heavy atom. The molecule has 3 heteroatoms. The van der Waals surface area contributed by atoms with Crippen molar-refractivity contribution in [3.63, 3.8) is 0 Å². The van der Waals surface area contributed by atoms with Crippen LogP contribution in [0.25, 0.3) is 11.0 Å². The fourth-order valence-corrected chi connectivity index (χ4v) is 3.13. The molecule has 1 N–H and O–H groups in total. The summed E-state index contributed by atoms with van der Waals surface area (Å²) in [6.07, 6.45) is 2.18. The summed E-state index contributed by atoms with van der Waals surface area (Å²) in [6.45, 7) is 0. The zero-order valence-corrected chi connectivity index (χ0v) is 11.2. The lowest BCUT2D eigenvalue weighted by Gasteiger charge is -2.20. The van der Waals surface area contributed by atoms with Gasteiger partial charge in [0, 0.05) is 16.2 Å². The molecule has 1 heterocycles. The highest BCUT2D eigenvalue weighted by atomic mass is 32.2. The summed E-state index contributed by atoms with van der Waals surface area (Å²) in [6, 6.07) is 18.5. The number of anilines is 1. The summed E-state index contributed by atoms with van der Waals surface area (Å²) in [5.41, 5.74) is 3.49. The molecule has 2 aromatic carbocycles. The Kier molecular flexibility index (Phi) is 3.17. The van der Waals surface area contributed by atoms with Gasteiger partial charge in [-0.3, -0.25) is 0 Å². The molecule has 1 aliphatic rings. The summed E-state index contributed by atoms with van der Waals surface area (Å²) in [7, 11) is 0. The van der Waals surface area contributed by atoms with E-state index < -0.39 is 0 Å². The molecule has 1 nitrogen and oxygen atoms in total. The van der Waals surface area contributed by atoms with Crippen molar-refractivity contribution in [2.45, 2.75) is 0 Å². The Bertz CT molecular complexity index is 617. The van der Waals surface area contributed by atoms with Gasteiger partial charge in [0.25, 0.3) is 0 Å². The number of para-hydroxylation sites is 1. The Labute approximate surface area is 116 Å². The number of thioether (sulfide) groups is 1. The van der Waals surface area contributed by atoms with Crippen LogP contribution >= 0.6 is 24.0 Å². The van der Waals surface area contributed by atoms with Gasteiger partial charge < -0.3 is 5.32 Å². The van der Waals surface area contributed by atoms with Crippen molar-refractivity contribution in [2.24, 2.45) is 0 Å². The first kappa shape index (κ1) is 11.5. The second kappa shape index (κ2) is 4.96. The summed E-state index contributed by atoms with van der Waals surface area (Å²) in [5.74, 6) is 0. The average Bonchev–Trinajstić information content (AvgIpc) is 2.40. The average molecular weight is 269 g/mol. The van der Waals surface area contributed by atoms with Crippen molar-refractivity contribution >= 4 is 45.0 Å². The number of benzene rings is 2. The topological polar surface area (TPSA) is 12.0 Å². The van der Waals surface area contributed by atoms with Gasteiger partial charge in [0.15, 0.2) is 0 Å². The van der Waals surface area contributed by atoms with Crippen molar-refractivity contribution in [3.8, 4) is 0 Å². The van der Waals surface area contributed by atoms with E-state index in [1.807, 2.05) is 30.3 Å². The van der Waals surface area contributed by atoms with Gasteiger partial charge in [-0.15, -0.1) is 0 Å². The van der Waals surface area contributed by atoms with E-state index in [0.29, 0.717) is 0 Å². The van der Waals surface area contributed by atoms with Crippen molar-refractivity contribution in [1.29, 1.82) is 0 Å². The Hall–Kier alpha value is -1.58. The van der Waals surface area contributed by atoms with Crippen LogP contribution in [0.3, 0.4) is 0 Å². The van der Waals surface area contributed by atoms with Crippen molar-refractivity contribution in [3.05, 3.63) is 65.7 Å². The minimum absolute atomic E-state index is 0.802. The zero-order valence-electron chi connectivity index (χ0n) is 9.59. The van der Waals surface area contributed by atoms with Crippen LogP contribution < -0.4 is 5.32 Å². The molecule has 0 amide bonds. The van der Waals surface area contributed by atoms with Crippen LogP contribution in [-0.4, -0.2) is 4.32 Å². The Morgan fingerprint density at radius 1 is 0.944 bits per heavy atom. The van der Waals surface area contributed by atoms with Gasteiger partial charge in [-0.2, -0.15) is 0 Å². The summed E-state index contributed by atoms with van der Waals surface area (Å²) >= 11 is 6.89. The van der Waals surface area contributed by atoms with E-state index in [1.165, 1.54) is 16.0 Å². The molecule has 0 unspecified atom stereocenters. The largest absolute Gasteiger partial charge is 0.340 e. The molecule has 0 saturated heterocycles. The molecule has 3 rings (SSSR count). The van der Waals surface area contributed by atoms with Crippen LogP contribution in [0.1, 0.15) is 11.1 Å². The first-order chi connectivity index (χ1) is 8.83. The molecule has 2 aromatic rings. The molecular weight excluding hydrogens is 258 g/mol. The second-order valence-electron chi connectivity index (χ2n) is 3.98. The van der Waals surface area contributed by atoms with Crippen LogP contribution in [0.4, 0.5) is 5.69 Å². The van der Waals surface area contributed by atoms with Crippen LogP contribution in [0, 0.1) is 0 Å². The highest BCUT2D eigenvalue weighted by Crippen LogP contribution is 2.39. The normalized spacial score (nSPS) is 16.2. The standard InChI is InChI=1S/C15H11NS2/c17-15-16-13-9-5-4-8-12(13)14(18-15)10-11-6-2-1-3-7-11/h1-10H,(H,16,17)/b14-10-. The molecule has 88 valence electrons. The highest BCUT2D eigenvalue weighted by molar-refractivity contribution is 8.29. The molecule has 0 aromatic heterocycles. The van der Waals surface area contributed by atoms with E-state index in [0.717, 1.165) is 10.0 Å². The third-order valence-electron chi connectivity index (χ3n) is 2.73. The van der Waals surface area contributed by atoms with Crippen LogP contribution in [0.2, 0.25) is 0 Å². The van der Waals surface area contributed by atoms with Gasteiger partial charge in [-0.1, -0.05) is 72.5 Å². The van der Waals surface area contributed by atoms with E-state index in [9.17, 15) is 0 Å². The van der Waals surface area contributed by atoms with Gasteiger partial charge in [0.2, 0.25) is 0 Å². The quantitative estimate of drug-likeness (QED) is 0.758. The molecule has 0 radical (unpaired) electrons. The van der Waals surface area contributed by atoms with Gasteiger partial charge in [0.1, 0.15) is 4.32 Å². The second-order valence-corrected chi connectivity index (χ2v) is 5.70. The van der Waals surface area contributed by atoms with Crippen molar-refractivity contribution in [1.82, 2.24) is 0 Å². The fourth-order valence-electron chi connectivity index (χ4n) is 1.91. The van der Waals surface area contributed by atoms with E-state index >= 15 is 0 Å². The minimum Gasteiger partial charge on any atom is -0.340 e. The predicted octanol–water partition coefficient (Wildman–Crippen LogP) is 4.63. The monoisotopic (exact) mass is 269 g/mol. The summed E-state index contributed by atoms with van der Waals surface area (Å²) in [4.78, 5) is 1.19. The molecule has 0 fully saturated rings. The number of fused-ring (bicyclic) bond motifs is 1. The SMILES string of the molecule is S=C1Nc2ccccc2/C(=C/c2ccccc2)S1. The maximum atomic E-state index is 5.29. The van der Waals surface area contributed by atoms with Crippen LogP contribution in [-0.2, 0) is 0 Å². The molecule has 0 aliphatic carbocycles. The first-order valence-corrected chi connectivity index (χ1v) is 6.90. The van der Waals surface area contributed by atoms with Crippen LogP contribution in [0.15, 0.2) is 54.6 Å². The molecule has 0 atom stereocenters. The minimum atomic E-state index is 0.802. The molecular formula is C15H11NS2. The lowest BCUT2D eigenvalue weighted by molar-refractivity contribution is 1.60. The maximum Gasteiger partial charge on any atom is 0.143 e.